The maximum Gasteiger partial charge on any atom is 0.0951 e. The standard InChI is InChI=1S/C12H19N3/c1-9(10-4-5-10)15-8-13-7-12(15)11-3-2-6-14-11/h7-11,14H,2-6H2,1H3. The molecule has 2 aliphatic rings. The number of imidazole rings is 1. The molecular formula is C12H19N3. The van der Waals surface area contributed by atoms with E-state index >= 15 is 0 Å². The summed E-state index contributed by atoms with van der Waals surface area (Å²) >= 11 is 0. The van der Waals surface area contributed by atoms with E-state index < -0.39 is 0 Å². The molecule has 1 aromatic heterocycles. The van der Waals surface area contributed by atoms with Crippen LogP contribution in [0.2, 0.25) is 0 Å². The van der Waals surface area contributed by atoms with Gasteiger partial charge in [0.2, 0.25) is 0 Å². The molecular weight excluding hydrogens is 186 g/mol. The van der Waals surface area contributed by atoms with E-state index in [1.54, 1.807) is 0 Å². The fourth-order valence-electron chi connectivity index (χ4n) is 2.67. The van der Waals surface area contributed by atoms with Gasteiger partial charge in [0.25, 0.3) is 0 Å². The fourth-order valence-corrected chi connectivity index (χ4v) is 2.67. The van der Waals surface area contributed by atoms with E-state index in [1.165, 1.54) is 31.4 Å². The second-order valence-corrected chi connectivity index (χ2v) is 4.95. The summed E-state index contributed by atoms with van der Waals surface area (Å²) in [5.41, 5.74) is 1.40. The van der Waals surface area contributed by atoms with Crippen molar-refractivity contribution < 1.29 is 0 Å². The Balaban J connectivity index is 1.84. The molecule has 1 saturated carbocycles. The van der Waals surface area contributed by atoms with Crippen molar-refractivity contribution in [3.05, 3.63) is 18.2 Å². The Morgan fingerprint density at radius 2 is 2.33 bits per heavy atom. The van der Waals surface area contributed by atoms with Gasteiger partial charge in [-0.2, -0.15) is 0 Å². The first-order valence-corrected chi connectivity index (χ1v) is 6.11. The minimum absolute atomic E-state index is 0.550. The molecule has 1 N–H and O–H groups in total. The zero-order chi connectivity index (χ0) is 10.3. The summed E-state index contributed by atoms with van der Waals surface area (Å²) in [5.74, 6) is 0.902. The van der Waals surface area contributed by atoms with E-state index in [4.69, 9.17) is 0 Å². The van der Waals surface area contributed by atoms with Crippen molar-refractivity contribution in [2.45, 2.75) is 44.7 Å². The second-order valence-electron chi connectivity index (χ2n) is 4.95. The third-order valence-corrected chi connectivity index (χ3v) is 3.86. The van der Waals surface area contributed by atoms with Crippen LogP contribution in [0.15, 0.2) is 12.5 Å². The number of nitrogens with one attached hydrogen (secondary N) is 1. The average molecular weight is 205 g/mol. The molecule has 0 radical (unpaired) electrons. The quantitative estimate of drug-likeness (QED) is 0.820. The summed E-state index contributed by atoms with van der Waals surface area (Å²) in [7, 11) is 0. The van der Waals surface area contributed by atoms with E-state index in [2.05, 4.69) is 21.8 Å². The van der Waals surface area contributed by atoms with Crippen molar-refractivity contribution in [2.24, 2.45) is 5.92 Å². The molecule has 0 spiro atoms. The Bertz CT molecular complexity index is 318. The Morgan fingerprint density at radius 1 is 1.47 bits per heavy atom. The van der Waals surface area contributed by atoms with Crippen LogP contribution in [0.25, 0.3) is 0 Å². The monoisotopic (exact) mass is 205 g/mol. The second kappa shape index (κ2) is 3.63. The molecule has 3 rings (SSSR count). The average Bonchev–Trinajstić information content (AvgIpc) is 2.80. The predicted octanol–water partition coefficient (Wildman–Crippen LogP) is 2.28. The van der Waals surface area contributed by atoms with E-state index in [1.807, 2.05) is 12.5 Å². The molecule has 2 heterocycles. The summed E-state index contributed by atoms with van der Waals surface area (Å²) in [5, 5.41) is 3.55. The normalized spacial score (nSPS) is 28.2. The minimum atomic E-state index is 0.550. The van der Waals surface area contributed by atoms with Crippen LogP contribution >= 0.6 is 0 Å². The Labute approximate surface area is 90.9 Å². The van der Waals surface area contributed by atoms with Gasteiger partial charge in [-0.05, 0) is 45.1 Å². The molecule has 2 unspecified atom stereocenters. The van der Waals surface area contributed by atoms with Gasteiger partial charge in [0.05, 0.1) is 12.0 Å². The van der Waals surface area contributed by atoms with Gasteiger partial charge >= 0.3 is 0 Å². The van der Waals surface area contributed by atoms with Crippen LogP contribution in [0.4, 0.5) is 0 Å². The maximum atomic E-state index is 4.32. The molecule has 0 bridgehead atoms. The highest BCUT2D eigenvalue weighted by atomic mass is 15.1. The highest BCUT2D eigenvalue weighted by Crippen LogP contribution is 2.40. The van der Waals surface area contributed by atoms with Crippen molar-refractivity contribution >= 4 is 0 Å². The van der Waals surface area contributed by atoms with Crippen LogP contribution in [0.1, 0.15) is 50.4 Å². The molecule has 0 amide bonds. The molecule has 1 saturated heterocycles. The molecule has 3 nitrogen and oxygen atoms in total. The highest BCUT2D eigenvalue weighted by molar-refractivity contribution is 5.09. The molecule has 82 valence electrons. The van der Waals surface area contributed by atoms with Gasteiger partial charge in [-0.25, -0.2) is 4.98 Å². The highest BCUT2D eigenvalue weighted by Gasteiger charge is 2.31. The zero-order valence-corrected chi connectivity index (χ0v) is 9.32. The lowest BCUT2D eigenvalue weighted by molar-refractivity contribution is 0.448. The lowest BCUT2D eigenvalue weighted by atomic mass is 10.1. The van der Waals surface area contributed by atoms with Gasteiger partial charge in [-0.1, -0.05) is 0 Å². The number of rotatable bonds is 3. The van der Waals surface area contributed by atoms with Crippen LogP contribution in [0.3, 0.4) is 0 Å². The summed E-state index contributed by atoms with van der Waals surface area (Å²) < 4.78 is 2.39. The molecule has 1 aliphatic carbocycles. The van der Waals surface area contributed by atoms with Gasteiger partial charge in [0.15, 0.2) is 0 Å². The van der Waals surface area contributed by atoms with Crippen LogP contribution in [0, 0.1) is 5.92 Å². The molecule has 3 heteroatoms. The number of hydrogen-bond acceptors (Lipinski definition) is 2. The summed E-state index contributed by atoms with van der Waals surface area (Å²) in [6.45, 7) is 3.49. The maximum absolute atomic E-state index is 4.32. The Kier molecular flexibility index (Phi) is 2.28. The molecule has 2 atom stereocenters. The molecule has 0 aromatic carbocycles. The predicted molar refractivity (Wildman–Crippen MR) is 59.6 cm³/mol. The zero-order valence-electron chi connectivity index (χ0n) is 9.32. The van der Waals surface area contributed by atoms with Gasteiger partial charge in [0, 0.05) is 18.3 Å². The van der Waals surface area contributed by atoms with Crippen LogP contribution < -0.4 is 5.32 Å². The lowest BCUT2D eigenvalue weighted by Crippen LogP contribution is -2.19. The number of nitrogens with zero attached hydrogens (tertiary/aromatic N) is 2. The first kappa shape index (κ1) is 9.40. The van der Waals surface area contributed by atoms with Crippen molar-refractivity contribution in [3.63, 3.8) is 0 Å². The summed E-state index contributed by atoms with van der Waals surface area (Å²) in [6.07, 6.45) is 9.42. The van der Waals surface area contributed by atoms with E-state index in [-0.39, 0.29) is 0 Å². The van der Waals surface area contributed by atoms with Gasteiger partial charge in [0.1, 0.15) is 0 Å². The number of aromatic nitrogens is 2. The van der Waals surface area contributed by atoms with Crippen molar-refractivity contribution in [3.8, 4) is 0 Å². The molecule has 1 aliphatic heterocycles. The van der Waals surface area contributed by atoms with E-state index in [9.17, 15) is 0 Å². The van der Waals surface area contributed by atoms with Crippen molar-refractivity contribution in [1.82, 2.24) is 14.9 Å². The van der Waals surface area contributed by atoms with Gasteiger partial charge in [-0.15, -0.1) is 0 Å². The van der Waals surface area contributed by atoms with Crippen LogP contribution in [0.5, 0.6) is 0 Å². The molecule has 2 fully saturated rings. The lowest BCUT2D eigenvalue weighted by Gasteiger charge is -2.19. The summed E-state index contributed by atoms with van der Waals surface area (Å²) in [6, 6.07) is 1.19. The van der Waals surface area contributed by atoms with Gasteiger partial charge < -0.3 is 9.88 Å². The SMILES string of the molecule is CC(C1CC1)n1cncc1C1CCCN1. The van der Waals surface area contributed by atoms with Crippen molar-refractivity contribution in [2.75, 3.05) is 6.54 Å². The fraction of sp³-hybridized carbons (Fsp3) is 0.750. The first-order chi connectivity index (χ1) is 7.36. The smallest absolute Gasteiger partial charge is 0.0951 e. The van der Waals surface area contributed by atoms with Crippen LogP contribution in [-0.2, 0) is 0 Å². The topological polar surface area (TPSA) is 29.9 Å². The van der Waals surface area contributed by atoms with Crippen molar-refractivity contribution in [1.29, 1.82) is 0 Å². The van der Waals surface area contributed by atoms with E-state index in [0.29, 0.717) is 12.1 Å². The molecule has 15 heavy (non-hydrogen) atoms. The Morgan fingerprint density at radius 3 is 3.00 bits per heavy atom. The Hall–Kier alpha value is -0.830. The third-order valence-electron chi connectivity index (χ3n) is 3.86. The number of hydrogen-bond donors (Lipinski definition) is 1. The summed E-state index contributed by atoms with van der Waals surface area (Å²) in [4.78, 5) is 4.32. The van der Waals surface area contributed by atoms with E-state index in [0.717, 1.165) is 12.5 Å². The minimum Gasteiger partial charge on any atom is -0.330 e. The first-order valence-electron chi connectivity index (χ1n) is 6.11. The third kappa shape index (κ3) is 1.69. The van der Waals surface area contributed by atoms with Crippen LogP contribution in [-0.4, -0.2) is 16.1 Å². The largest absolute Gasteiger partial charge is 0.330 e. The van der Waals surface area contributed by atoms with Gasteiger partial charge in [-0.3, -0.25) is 0 Å². The molecule has 1 aromatic rings.